The predicted octanol–water partition coefficient (Wildman–Crippen LogP) is 1.89. The van der Waals surface area contributed by atoms with Gasteiger partial charge in [0.1, 0.15) is 0 Å². The Bertz CT molecular complexity index is 789. The van der Waals surface area contributed by atoms with Crippen LogP contribution in [0.5, 0.6) is 0 Å². The number of benzene rings is 1. The van der Waals surface area contributed by atoms with Crippen molar-refractivity contribution in [3.63, 3.8) is 0 Å². The highest BCUT2D eigenvalue weighted by atomic mass is 32.1. The van der Waals surface area contributed by atoms with Crippen molar-refractivity contribution < 1.29 is 19.5 Å². The van der Waals surface area contributed by atoms with E-state index in [4.69, 9.17) is 0 Å². The Hall–Kier alpha value is -2.74. The summed E-state index contributed by atoms with van der Waals surface area (Å²) in [6.45, 7) is 0. The molecule has 1 aromatic carbocycles. The molecule has 1 aliphatic rings. The van der Waals surface area contributed by atoms with Gasteiger partial charge < -0.3 is 15.2 Å². The van der Waals surface area contributed by atoms with Crippen LogP contribution in [0.4, 0.5) is 10.8 Å². The number of thiazole rings is 1. The summed E-state index contributed by atoms with van der Waals surface area (Å²) in [4.78, 5) is 39.8. The van der Waals surface area contributed by atoms with E-state index in [-0.39, 0.29) is 11.8 Å². The monoisotopic (exact) mass is 372 g/mol. The van der Waals surface area contributed by atoms with Crippen LogP contribution in [0.25, 0.3) is 0 Å². The SMILES string of the molecule is O=C(Nc1nccs1)c1ccc(NC(=O)[C@H]2CCCC[C@H]2C(=O)[O-])cc1. The first-order valence-electron chi connectivity index (χ1n) is 8.37. The standard InChI is InChI=1S/C18H19N3O4S/c22-15(21-18-19-9-10-26-18)11-5-7-12(8-6-11)20-16(23)13-3-1-2-4-14(13)17(24)25/h5-10,13-14H,1-4H2,(H,20,23)(H,24,25)(H,19,21,22)/p-1/t13-,14+/m0/s1. The van der Waals surface area contributed by atoms with E-state index in [2.05, 4.69) is 15.6 Å². The molecule has 0 radical (unpaired) electrons. The summed E-state index contributed by atoms with van der Waals surface area (Å²) >= 11 is 1.32. The van der Waals surface area contributed by atoms with Gasteiger partial charge in [0, 0.05) is 40.6 Å². The van der Waals surface area contributed by atoms with Crippen molar-refractivity contribution >= 4 is 39.9 Å². The lowest BCUT2D eigenvalue weighted by atomic mass is 9.78. The second-order valence-electron chi connectivity index (χ2n) is 6.17. The number of nitrogens with one attached hydrogen (secondary N) is 2. The third kappa shape index (κ3) is 4.26. The van der Waals surface area contributed by atoms with Crippen molar-refractivity contribution in [1.82, 2.24) is 4.98 Å². The summed E-state index contributed by atoms with van der Waals surface area (Å²) in [6.07, 6.45) is 4.24. The minimum absolute atomic E-state index is 0.290. The van der Waals surface area contributed by atoms with Crippen LogP contribution in [0.2, 0.25) is 0 Å². The van der Waals surface area contributed by atoms with Gasteiger partial charge in [0.25, 0.3) is 5.91 Å². The number of carboxylic acids is 1. The second kappa shape index (κ2) is 8.09. The molecule has 8 heteroatoms. The zero-order chi connectivity index (χ0) is 18.5. The van der Waals surface area contributed by atoms with Crippen LogP contribution in [-0.4, -0.2) is 22.8 Å². The molecule has 2 amide bonds. The van der Waals surface area contributed by atoms with E-state index >= 15 is 0 Å². The van der Waals surface area contributed by atoms with E-state index in [1.807, 2.05) is 0 Å². The van der Waals surface area contributed by atoms with E-state index in [1.54, 1.807) is 35.8 Å². The molecule has 1 saturated carbocycles. The molecule has 0 spiro atoms. The Morgan fingerprint density at radius 1 is 1.04 bits per heavy atom. The van der Waals surface area contributed by atoms with Crippen LogP contribution >= 0.6 is 11.3 Å². The molecule has 1 aliphatic carbocycles. The lowest BCUT2D eigenvalue weighted by Gasteiger charge is -2.31. The zero-order valence-corrected chi connectivity index (χ0v) is 14.8. The number of aliphatic carboxylic acids is 1. The fourth-order valence-corrected chi connectivity index (χ4v) is 3.65. The minimum atomic E-state index is -1.17. The van der Waals surface area contributed by atoms with Crippen LogP contribution in [0.3, 0.4) is 0 Å². The van der Waals surface area contributed by atoms with Gasteiger partial charge in [-0.05, 0) is 37.1 Å². The summed E-state index contributed by atoms with van der Waals surface area (Å²) in [7, 11) is 0. The van der Waals surface area contributed by atoms with Crippen LogP contribution in [0.1, 0.15) is 36.0 Å². The van der Waals surface area contributed by atoms with Gasteiger partial charge >= 0.3 is 0 Å². The van der Waals surface area contributed by atoms with Gasteiger partial charge in [-0.15, -0.1) is 11.3 Å². The fraction of sp³-hybridized carbons (Fsp3) is 0.333. The van der Waals surface area contributed by atoms with Crippen molar-refractivity contribution in [2.24, 2.45) is 11.8 Å². The summed E-state index contributed by atoms with van der Waals surface area (Å²) in [5, 5.41) is 18.9. The van der Waals surface area contributed by atoms with Gasteiger partial charge in [-0.1, -0.05) is 12.8 Å². The van der Waals surface area contributed by atoms with Gasteiger partial charge in [-0.25, -0.2) is 4.98 Å². The van der Waals surface area contributed by atoms with Gasteiger partial charge in [-0.2, -0.15) is 0 Å². The largest absolute Gasteiger partial charge is 0.550 e. The van der Waals surface area contributed by atoms with Gasteiger partial charge in [0.15, 0.2) is 5.13 Å². The highest BCUT2D eigenvalue weighted by molar-refractivity contribution is 7.13. The molecule has 1 fully saturated rings. The number of carbonyl (C=O) groups is 3. The molecule has 1 aromatic heterocycles. The molecule has 0 aliphatic heterocycles. The summed E-state index contributed by atoms with van der Waals surface area (Å²) in [5.41, 5.74) is 0.951. The van der Waals surface area contributed by atoms with E-state index in [9.17, 15) is 19.5 Å². The maximum absolute atomic E-state index is 12.4. The molecule has 2 N–H and O–H groups in total. The molecule has 2 aromatic rings. The zero-order valence-electron chi connectivity index (χ0n) is 13.9. The number of hydrogen-bond donors (Lipinski definition) is 2. The molecule has 2 atom stereocenters. The van der Waals surface area contributed by atoms with Crippen molar-refractivity contribution in [1.29, 1.82) is 0 Å². The quantitative estimate of drug-likeness (QED) is 0.832. The Morgan fingerprint density at radius 2 is 1.73 bits per heavy atom. The van der Waals surface area contributed by atoms with Crippen molar-refractivity contribution in [3.8, 4) is 0 Å². The number of carboxylic acid groups (broad SMARTS) is 1. The number of hydrogen-bond acceptors (Lipinski definition) is 6. The minimum Gasteiger partial charge on any atom is -0.550 e. The van der Waals surface area contributed by atoms with Crippen LogP contribution in [0.15, 0.2) is 35.8 Å². The fourth-order valence-electron chi connectivity index (χ4n) is 3.12. The van der Waals surface area contributed by atoms with Crippen LogP contribution < -0.4 is 15.7 Å². The lowest BCUT2D eigenvalue weighted by molar-refractivity contribution is -0.313. The maximum atomic E-state index is 12.4. The summed E-state index contributed by atoms with van der Waals surface area (Å²) < 4.78 is 0. The smallest absolute Gasteiger partial charge is 0.257 e. The molecule has 7 nitrogen and oxygen atoms in total. The topological polar surface area (TPSA) is 111 Å². The normalized spacial score (nSPS) is 19.5. The third-order valence-electron chi connectivity index (χ3n) is 4.47. The Balaban J connectivity index is 1.62. The molecular formula is C18H18N3O4S-. The Kier molecular flexibility index (Phi) is 5.62. The lowest BCUT2D eigenvalue weighted by Crippen LogP contribution is -2.42. The second-order valence-corrected chi connectivity index (χ2v) is 7.07. The maximum Gasteiger partial charge on any atom is 0.257 e. The molecule has 0 bridgehead atoms. The molecule has 136 valence electrons. The summed E-state index contributed by atoms with van der Waals surface area (Å²) in [5.74, 6) is -3.10. The van der Waals surface area contributed by atoms with Gasteiger partial charge in [0.05, 0.1) is 0 Å². The number of anilines is 2. The molecule has 3 rings (SSSR count). The number of aromatic nitrogens is 1. The highest BCUT2D eigenvalue weighted by Crippen LogP contribution is 2.30. The van der Waals surface area contributed by atoms with Crippen molar-refractivity contribution in [3.05, 3.63) is 41.4 Å². The average Bonchev–Trinajstić information content (AvgIpc) is 3.15. The van der Waals surface area contributed by atoms with Crippen LogP contribution in [0, 0.1) is 11.8 Å². The number of amides is 2. The number of rotatable bonds is 5. The number of nitrogens with zero attached hydrogens (tertiary/aromatic N) is 1. The first-order chi connectivity index (χ1) is 12.5. The summed E-state index contributed by atoms with van der Waals surface area (Å²) in [6, 6.07) is 6.42. The number of carbonyl (C=O) groups excluding carboxylic acids is 3. The first kappa shape index (κ1) is 18.1. The van der Waals surface area contributed by atoms with E-state index < -0.39 is 17.8 Å². The van der Waals surface area contributed by atoms with E-state index in [0.717, 1.165) is 12.8 Å². The predicted molar refractivity (Wildman–Crippen MR) is 95.6 cm³/mol. The molecule has 1 heterocycles. The van der Waals surface area contributed by atoms with Crippen molar-refractivity contribution in [2.45, 2.75) is 25.7 Å². The first-order valence-corrected chi connectivity index (χ1v) is 9.25. The molecule has 26 heavy (non-hydrogen) atoms. The highest BCUT2D eigenvalue weighted by Gasteiger charge is 2.31. The van der Waals surface area contributed by atoms with Gasteiger partial charge in [-0.3, -0.25) is 14.9 Å². The third-order valence-corrected chi connectivity index (χ3v) is 5.16. The van der Waals surface area contributed by atoms with E-state index in [0.29, 0.717) is 29.2 Å². The van der Waals surface area contributed by atoms with Crippen LogP contribution in [-0.2, 0) is 9.59 Å². The molecular weight excluding hydrogens is 354 g/mol. The van der Waals surface area contributed by atoms with Gasteiger partial charge in [0.2, 0.25) is 5.91 Å². The van der Waals surface area contributed by atoms with Crippen molar-refractivity contribution in [2.75, 3.05) is 10.6 Å². The average molecular weight is 372 g/mol. The Labute approximate surface area is 154 Å². The molecule has 0 saturated heterocycles. The van der Waals surface area contributed by atoms with E-state index in [1.165, 1.54) is 11.3 Å². The Morgan fingerprint density at radius 3 is 2.35 bits per heavy atom. The molecule has 0 unspecified atom stereocenters.